The molecular weight excluding hydrogens is 288 g/mol. The minimum Gasteiger partial charge on any atom is -0.386 e. The monoisotopic (exact) mass is 312 g/mol. The fraction of sp³-hybridized carbons (Fsp3) is 0.600. The average Bonchev–Trinajstić information content (AvgIpc) is 2.41. The molecule has 1 aromatic rings. The molecule has 1 aliphatic heterocycles. The second kappa shape index (κ2) is 5.94. The molecule has 21 heavy (non-hydrogen) atoms. The second-order valence-electron chi connectivity index (χ2n) is 5.98. The summed E-state index contributed by atoms with van der Waals surface area (Å²) in [6.45, 7) is 7.22. The predicted molar refractivity (Wildman–Crippen MR) is 83.9 cm³/mol. The van der Waals surface area contributed by atoms with E-state index in [9.17, 15) is 13.5 Å². The van der Waals surface area contributed by atoms with Crippen molar-refractivity contribution in [1.29, 1.82) is 0 Å². The third kappa shape index (κ3) is 3.22. The number of anilines is 1. The van der Waals surface area contributed by atoms with Crippen molar-refractivity contribution in [3.05, 3.63) is 24.3 Å². The molecule has 1 aliphatic rings. The zero-order chi connectivity index (χ0) is 15.7. The Morgan fingerprint density at radius 3 is 2.52 bits per heavy atom. The lowest BCUT2D eigenvalue weighted by Gasteiger charge is -2.50. The molecule has 1 fully saturated rings. The zero-order valence-electron chi connectivity index (χ0n) is 12.8. The molecule has 2 rings (SSSR count). The SMILES string of the molecule is CCCNS(=O)(=O)c1ccccc1N1CC(O)(C(C)C)C1. The van der Waals surface area contributed by atoms with Gasteiger partial charge in [-0.05, 0) is 24.5 Å². The number of benzene rings is 1. The van der Waals surface area contributed by atoms with Crippen LogP contribution < -0.4 is 9.62 Å². The fourth-order valence-electron chi connectivity index (χ4n) is 2.41. The highest BCUT2D eigenvalue weighted by molar-refractivity contribution is 7.89. The van der Waals surface area contributed by atoms with E-state index in [4.69, 9.17) is 0 Å². The molecule has 0 spiro atoms. The molecule has 5 nitrogen and oxygen atoms in total. The third-order valence-corrected chi connectivity index (χ3v) is 5.55. The van der Waals surface area contributed by atoms with Crippen molar-refractivity contribution in [2.75, 3.05) is 24.5 Å². The Kier molecular flexibility index (Phi) is 4.60. The number of hydrogen-bond acceptors (Lipinski definition) is 4. The van der Waals surface area contributed by atoms with E-state index in [1.165, 1.54) is 0 Å². The lowest BCUT2D eigenvalue weighted by atomic mass is 9.82. The standard InChI is InChI=1S/C15H24N2O3S/c1-4-9-16-21(19,20)14-8-6-5-7-13(14)17-10-15(18,11-17)12(2)3/h5-8,12,16,18H,4,9-11H2,1-3H3. The fourth-order valence-corrected chi connectivity index (χ4v) is 3.77. The summed E-state index contributed by atoms with van der Waals surface area (Å²) in [7, 11) is -3.51. The van der Waals surface area contributed by atoms with Crippen LogP contribution in [0.25, 0.3) is 0 Å². The van der Waals surface area contributed by atoms with Gasteiger partial charge in [-0.15, -0.1) is 0 Å². The Morgan fingerprint density at radius 2 is 1.95 bits per heavy atom. The number of nitrogens with zero attached hydrogens (tertiary/aromatic N) is 1. The summed E-state index contributed by atoms with van der Waals surface area (Å²) < 4.78 is 27.3. The van der Waals surface area contributed by atoms with Crippen LogP contribution in [0.4, 0.5) is 5.69 Å². The van der Waals surface area contributed by atoms with Gasteiger partial charge in [-0.25, -0.2) is 13.1 Å². The van der Waals surface area contributed by atoms with Gasteiger partial charge in [-0.3, -0.25) is 0 Å². The van der Waals surface area contributed by atoms with E-state index >= 15 is 0 Å². The van der Waals surface area contributed by atoms with Crippen LogP contribution in [0.5, 0.6) is 0 Å². The van der Waals surface area contributed by atoms with Crippen LogP contribution in [0.2, 0.25) is 0 Å². The smallest absolute Gasteiger partial charge is 0.242 e. The van der Waals surface area contributed by atoms with Gasteiger partial charge in [0.15, 0.2) is 0 Å². The van der Waals surface area contributed by atoms with Gasteiger partial charge in [-0.1, -0.05) is 32.9 Å². The van der Waals surface area contributed by atoms with E-state index < -0.39 is 15.6 Å². The first-order valence-electron chi connectivity index (χ1n) is 7.36. The molecule has 118 valence electrons. The Labute approximate surface area is 127 Å². The molecule has 0 radical (unpaired) electrons. The largest absolute Gasteiger partial charge is 0.386 e. The number of rotatable bonds is 6. The van der Waals surface area contributed by atoms with E-state index in [1.807, 2.05) is 31.7 Å². The molecule has 1 aromatic carbocycles. The Hall–Kier alpha value is -1.11. The molecular formula is C15H24N2O3S. The molecule has 1 heterocycles. The van der Waals surface area contributed by atoms with E-state index in [0.29, 0.717) is 25.3 Å². The van der Waals surface area contributed by atoms with E-state index in [-0.39, 0.29) is 10.8 Å². The molecule has 6 heteroatoms. The van der Waals surface area contributed by atoms with Crippen LogP contribution in [-0.4, -0.2) is 38.8 Å². The van der Waals surface area contributed by atoms with Crippen LogP contribution in [-0.2, 0) is 10.0 Å². The normalized spacial score (nSPS) is 17.9. The number of aliphatic hydroxyl groups is 1. The number of β-amino-alcohol motifs (C(OH)–C–C–N with tert-alkyl or cyclic N) is 1. The highest BCUT2D eigenvalue weighted by Crippen LogP contribution is 2.35. The molecule has 0 bridgehead atoms. The Morgan fingerprint density at radius 1 is 1.33 bits per heavy atom. The summed E-state index contributed by atoms with van der Waals surface area (Å²) in [6, 6.07) is 6.94. The molecule has 0 aliphatic carbocycles. The van der Waals surface area contributed by atoms with Gasteiger partial charge >= 0.3 is 0 Å². The molecule has 2 N–H and O–H groups in total. The molecule has 0 aromatic heterocycles. The van der Waals surface area contributed by atoms with Crippen LogP contribution in [0.3, 0.4) is 0 Å². The zero-order valence-corrected chi connectivity index (χ0v) is 13.7. The summed E-state index contributed by atoms with van der Waals surface area (Å²) >= 11 is 0. The van der Waals surface area contributed by atoms with Gasteiger partial charge < -0.3 is 10.0 Å². The number of sulfonamides is 1. The van der Waals surface area contributed by atoms with Crippen molar-refractivity contribution in [3.8, 4) is 0 Å². The van der Waals surface area contributed by atoms with Gasteiger partial charge in [0.25, 0.3) is 0 Å². The molecule has 0 unspecified atom stereocenters. The van der Waals surface area contributed by atoms with Crippen molar-refractivity contribution < 1.29 is 13.5 Å². The van der Waals surface area contributed by atoms with Crippen LogP contribution >= 0.6 is 0 Å². The molecule has 0 amide bonds. The predicted octanol–water partition coefficient (Wildman–Crippen LogP) is 1.58. The Balaban J connectivity index is 2.24. The maximum Gasteiger partial charge on any atom is 0.242 e. The number of hydrogen-bond donors (Lipinski definition) is 2. The van der Waals surface area contributed by atoms with Crippen molar-refractivity contribution in [3.63, 3.8) is 0 Å². The van der Waals surface area contributed by atoms with Crippen LogP contribution in [0.15, 0.2) is 29.2 Å². The molecule has 0 saturated carbocycles. The highest BCUT2D eigenvalue weighted by atomic mass is 32.2. The van der Waals surface area contributed by atoms with Crippen molar-refractivity contribution in [2.24, 2.45) is 5.92 Å². The summed E-state index contributed by atoms with van der Waals surface area (Å²) in [5, 5.41) is 10.3. The third-order valence-electron chi connectivity index (χ3n) is 4.04. The average molecular weight is 312 g/mol. The first-order valence-corrected chi connectivity index (χ1v) is 8.84. The molecule has 0 atom stereocenters. The lowest BCUT2D eigenvalue weighted by Crippen LogP contribution is -2.65. The first-order chi connectivity index (χ1) is 9.80. The van der Waals surface area contributed by atoms with E-state index in [1.54, 1.807) is 18.2 Å². The summed E-state index contributed by atoms with van der Waals surface area (Å²) in [5.74, 6) is 0.149. The van der Waals surface area contributed by atoms with Crippen molar-refractivity contribution in [2.45, 2.75) is 37.7 Å². The maximum atomic E-state index is 12.4. The van der Waals surface area contributed by atoms with Crippen molar-refractivity contribution >= 4 is 15.7 Å². The summed E-state index contributed by atoms with van der Waals surface area (Å²) in [5.41, 5.74) is -0.0697. The lowest BCUT2D eigenvalue weighted by molar-refractivity contribution is -0.0303. The quantitative estimate of drug-likeness (QED) is 0.837. The Bertz CT molecular complexity index is 593. The van der Waals surface area contributed by atoms with Gasteiger partial charge in [0, 0.05) is 19.6 Å². The van der Waals surface area contributed by atoms with Gasteiger partial charge in [0.2, 0.25) is 10.0 Å². The minimum absolute atomic E-state index is 0.149. The first kappa shape index (κ1) is 16.3. The topological polar surface area (TPSA) is 69.6 Å². The van der Waals surface area contributed by atoms with Crippen molar-refractivity contribution in [1.82, 2.24) is 4.72 Å². The maximum absolute atomic E-state index is 12.4. The van der Waals surface area contributed by atoms with Gasteiger partial charge in [-0.2, -0.15) is 0 Å². The minimum atomic E-state index is -3.51. The summed E-state index contributed by atoms with van der Waals surface area (Å²) in [4.78, 5) is 2.20. The number of nitrogens with one attached hydrogen (secondary N) is 1. The van der Waals surface area contributed by atoms with Crippen LogP contribution in [0.1, 0.15) is 27.2 Å². The number of para-hydroxylation sites is 1. The molecule has 1 saturated heterocycles. The van der Waals surface area contributed by atoms with Crippen LogP contribution in [0, 0.1) is 5.92 Å². The van der Waals surface area contributed by atoms with E-state index in [2.05, 4.69) is 4.72 Å². The van der Waals surface area contributed by atoms with E-state index in [0.717, 1.165) is 6.42 Å². The van der Waals surface area contributed by atoms with Gasteiger partial charge in [0.1, 0.15) is 10.5 Å². The second-order valence-corrected chi connectivity index (χ2v) is 7.72. The summed E-state index contributed by atoms with van der Waals surface area (Å²) in [6.07, 6.45) is 0.748. The highest BCUT2D eigenvalue weighted by Gasteiger charge is 2.44. The van der Waals surface area contributed by atoms with Gasteiger partial charge in [0.05, 0.1) is 5.69 Å².